The van der Waals surface area contributed by atoms with Crippen LogP contribution >= 0.6 is 0 Å². The average molecular weight is 526 g/mol. The zero-order valence-electron chi connectivity index (χ0n) is 23.6. The topological polar surface area (TPSA) is 70.7 Å². The van der Waals surface area contributed by atoms with Crippen molar-refractivity contribution in [1.29, 1.82) is 0 Å². The van der Waals surface area contributed by atoms with Gasteiger partial charge in [-0.05, 0) is 83.8 Å². The largest absolute Gasteiger partial charge is 0.497 e. The van der Waals surface area contributed by atoms with Crippen LogP contribution in [0.2, 0.25) is 0 Å². The van der Waals surface area contributed by atoms with E-state index in [1.165, 1.54) is 28.5 Å². The Morgan fingerprint density at radius 3 is 2.38 bits per heavy atom. The lowest BCUT2D eigenvalue weighted by molar-refractivity contribution is -0.126. The van der Waals surface area contributed by atoms with E-state index >= 15 is 0 Å². The number of nitrogens with one attached hydrogen (secondary N) is 2. The molecule has 0 spiro atoms. The summed E-state index contributed by atoms with van der Waals surface area (Å²) in [7, 11) is 1.71. The Morgan fingerprint density at radius 1 is 1.03 bits per heavy atom. The van der Waals surface area contributed by atoms with Gasteiger partial charge in [0.1, 0.15) is 5.75 Å². The van der Waals surface area contributed by atoms with Crippen molar-refractivity contribution in [1.82, 2.24) is 10.9 Å². The Hall–Kier alpha value is -4.06. The lowest BCUT2D eigenvalue weighted by Gasteiger charge is -2.48. The van der Waals surface area contributed by atoms with E-state index in [1.54, 1.807) is 13.2 Å². The van der Waals surface area contributed by atoms with Gasteiger partial charge in [-0.2, -0.15) is 0 Å². The second-order valence-electron chi connectivity index (χ2n) is 10.5. The highest BCUT2D eigenvalue weighted by molar-refractivity contribution is 5.93. The number of carbonyl (C=O) groups is 2. The molecule has 1 aliphatic heterocycles. The van der Waals surface area contributed by atoms with E-state index in [-0.39, 0.29) is 11.8 Å². The summed E-state index contributed by atoms with van der Waals surface area (Å²) in [4.78, 5) is 26.2. The molecule has 1 heterocycles. The first-order chi connectivity index (χ1) is 18.8. The smallest absolute Gasteiger partial charge is 0.262 e. The van der Waals surface area contributed by atoms with Gasteiger partial charge in [0.15, 0.2) is 0 Å². The van der Waals surface area contributed by atoms with E-state index in [4.69, 9.17) is 4.74 Å². The normalized spacial score (nSPS) is 16.7. The average Bonchev–Trinajstić information content (AvgIpc) is 2.95. The fourth-order valence-electron chi connectivity index (χ4n) is 5.27. The van der Waals surface area contributed by atoms with E-state index in [2.05, 4.69) is 85.1 Å². The van der Waals surface area contributed by atoms with Gasteiger partial charge in [-0.1, -0.05) is 63.2 Å². The minimum Gasteiger partial charge on any atom is -0.497 e. The maximum Gasteiger partial charge on any atom is 0.262 e. The van der Waals surface area contributed by atoms with E-state index in [9.17, 15) is 9.59 Å². The van der Waals surface area contributed by atoms with Crippen molar-refractivity contribution >= 4 is 23.6 Å². The molecular formula is C33H39N3O3. The van der Waals surface area contributed by atoms with E-state index in [1.807, 2.05) is 25.1 Å². The summed E-state index contributed by atoms with van der Waals surface area (Å²) in [5, 5.41) is 0. The third-order valence-electron chi connectivity index (χ3n) is 7.56. The Morgan fingerprint density at radius 2 is 1.74 bits per heavy atom. The number of anilines is 1. The molecule has 0 aromatic heterocycles. The van der Waals surface area contributed by atoms with Crippen molar-refractivity contribution in [2.45, 2.75) is 58.4 Å². The van der Waals surface area contributed by atoms with Crippen LogP contribution in [0.1, 0.15) is 74.3 Å². The Balaban J connectivity index is 1.64. The highest BCUT2D eigenvalue weighted by Crippen LogP contribution is 2.44. The van der Waals surface area contributed by atoms with Gasteiger partial charge in [0.2, 0.25) is 5.91 Å². The van der Waals surface area contributed by atoms with Crippen molar-refractivity contribution in [3.63, 3.8) is 0 Å². The van der Waals surface area contributed by atoms with Crippen LogP contribution in [0.5, 0.6) is 5.75 Å². The molecule has 204 valence electrons. The van der Waals surface area contributed by atoms with Gasteiger partial charge >= 0.3 is 0 Å². The molecule has 3 aromatic carbocycles. The lowest BCUT2D eigenvalue weighted by Crippen LogP contribution is -2.49. The Bertz CT molecular complexity index is 1330. The summed E-state index contributed by atoms with van der Waals surface area (Å²) in [6.07, 6.45) is 5.20. The fourth-order valence-corrected chi connectivity index (χ4v) is 5.27. The number of ether oxygens (including phenoxy) is 1. The van der Waals surface area contributed by atoms with E-state index in [0.717, 1.165) is 36.3 Å². The van der Waals surface area contributed by atoms with Crippen LogP contribution in [0.4, 0.5) is 5.69 Å². The molecule has 4 rings (SSSR count). The molecule has 1 aliphatic rings. The monoisotopic (exact) mass is 525 g/mol. The number of carbonyl (C=O) groups excluding carboxylic acids is 2. The summed E-state index contributed by atoms with van der Waals surface area (Å²) in [6.45, 7) is 9.50. The first kappa shape index (κ1) is 28.0. The van der Waals surface area contributed by atoms with Crippen LogP contribution in [0.15, 0.2) is 72.8 Å². The summed E-state index contributed by atoms with van der Waals surface area (Å²) in [5.74, 6) is 0.776. The number of fused-ring (bicyclic) bond motifs is 1. The van der Waals surface area contributed by atoms with Gasteiger partial charge in [0.25, 0.3) is 5.91 Å². The second-order valence-corrected chi connectivity index (χ2v) is 10.5. The van der Waals surface area contributed by atoms with E-state index < -0.39 is 5.54 Å². The van der Waals surface area contributed by atoms with Crippen molar-refractivity contribution in [3.8, 4) is 5.75 Å². The van der Waals surface area contributed by atoms with Crippen LogP contribution < -0.4 is 20.5 Å². The molecule has 0 fully saturated rings. The predicted molar refractivity (Wildman–Crippen MR) is 158 cm³/mol. The third-order valence-corrected chi connectivity index (χ3v) is 7.56. The molecule has 0 aliphatic carbocycles. The lowest BCUT2D eigenvalue weighted by atomic mass is 9.76. The SMILES string of the molecule is CCCC(=O)NNC(=O)/C=C/c1ccc(C2(C)c3ccc(OC)cc3CCN2c2ccc(C(C)C)cc2)cc1. The van der Waals surface area contributed by atoms with Gasteiger partial charge in [-0.15, -0.1) is 0 Å². The van der Waals surface area contributed by atoms with Crippen LogP contribution in [-0.4, -0.2) is 25.5 Å². The minimum absolute atomic E-state index is 0.203. The number of hydrogen-bond donors (Lipinski definition) is 2. The van der Waals surface area contributed by atoms with Gasteiger partial charge < -0.3 is 9.64 Å². The van der Waals surface area contributed by atoms with Gasteiger partial charge in [-0.3, -0.25) is 20.4 Å². The van der Waals surface area contributed by atoms with Crippen LogP contribution in [0, 0.1) is 0 Å². The molecule has 39 heavy (non-hydrogen) atoms. The molecule has 2 amide bonds. The first-order valence-electron chi connectivity index (χ1n) is 13.7. The Kier molecular flexibility index (Phi) is 8.75. The molecule has 2 N–H and O–H groups in total. The molecule has 6 nitrogen and oxygen atoms in total. The minimum atomic E-state index is -0.400. The zero-order valence-corrected chi connectivity index (χ0v) is 23.6. The number of hydrazine groups is 1. The quantitative estimate of drug-likeness (QED) is 0.275. The molecule has 0 saturated carbocycles. The molecule has 0 radical (unpaired) electrons. The van der Waals surface area contributed by atoms with Gasteiger partial charge in [0.05, 0.1) is 12.6 Å². The van der Waals surface area contributed by atoms with Crippen molar-refractivity contribution in [2.75, 3.05) is 18.6 Å². The molecule has 6 heteroatoms. The molecule has 0 saturated heterocycles. The predicted octanol–water partition coefficient (Wildman–Crippen LogP) is 6.11. The standard InChI is InChI=1S/C33H39N3O3/c1-6-7-31(37)34-35-32(38)19-10-24-8-13-27(14-9-24)33(4)30-18-17-29(39-5)22-26(30)20-21-36(33)28-15-11-25(12-16-28)23(2)3/h8-19,22-23H,6-7,20-21H2,1-5H3,(H,34,37)(H,35,38)/b19-10+. The summed E-state index contributed by atoms with van der Waals surface area (Å²) < 4.78 is 5.53. The highest BCUT2D eigenvalue weighted by atomic mass is 16.5. The number of nitrogens with zero attached hydrogens (tertiary/aromatic N) is 1. The molecule has 1 atom stereocenters. The fraction of sp³-hybridized carbons (Fsp3) is 0.333. The number of rotatable bonds is 8. The molecule has 0 bridgehead atoms. The molecule has 1 unspecified atom stereocenters. The Labute approximate surface area is 232 Å². The van der Waals surface area contributed by atoms with Gasteiger partial charge in [-0.25, -0.2) is 0 Å². The maximum atomic E-state index is 12.1. The first-order valence-corrected chi connectivity index (χ1v) is 13.7. The van der Waals surface area contributed by atoms with Gasteiger partial charge in [0, 0.05) is 24.7 Å². The number of methoxy groups -OCH3 is 1. The van der Waals surface area contributed by atoms with Crippen LogP contribution in [-0.2, 0) is 21.5 Å². The number of benzene rings is 3. The molecule has 3 aromatic rings. The highest BCUT2D eigenvalue weighted by Gasteiger charge is 2.40. The number of hydrogen-bond acceptors (Lipinski definition) is 4. The third kappa shape index (κ3) is 6.17. The van der Waals surface area contributed by atoms with Crippen molar-refractivity contribution in [2.24, 2.45) is 0 Å². The second kappa shape index (κ2) is 12.2. The van der Waals surface area contributed by atoms with Crippen molar-refractivity contribution in [3.05, 3.63) is 101 Å². The zero-order chi connectivity index (χ0) is 28.0. The van der Waals surface area contributed by atoms with Crippen LogP contribution in [0.25, 0.3) is 6.08 Å². The van der Waals surface area contributed by atoms with Crippen molar-refractivity contribution < 1.29 is 14.3 Å². The summed E-state index contributed by atoms with van der Waals surface area (Å²) in [5.41, 5.74) is 11.6. The maximum absolute atomic E-state index is 12.1. The summed E-state index contributed by atoms with van der Waals surface area (Å²) >= 11 is 0. The molecular weight excluding hydrogens is 486 g/mol. The summed E-state index contributed by atoms with van der Waals surface area (Å²) in [6, 6.07) is 23.6. The van der Waals surface area contributed by atoms with Crippen LogP contribution in [0.3, 0.4) is 0 Å². The van der Waals surface area contributed by atoms with E-state index in [0.29, 0.717) is 12.3 Å². The number of amides is 2.